The van der Waals surface area contributed by atoms with Crippen LogP contribution < -0.4 is 27.4 Å². The average molecular weight is 522 g/mol. The van der Waals surface area contributed by atoms with Gasteiger partial charge in [-0.2, -0.15) is 0 Å². The van der Waals surface area contributed by atoms with Crippen LogP contribution in [0.2, 0.25) is 0 Å². The fourth-order valence-electron chi connectivity index (χ4n) is 3.26. The molecule has 37 heavy (non-hydrogen) atoms. The van der Waals surface area contributed by atoms with Gasteiger partial charge in [0.2, 0.25) is 23.6 Å². The Hall–Kier alpha value is -4.00. The van der Waals surface area contributed by atoms with Crippen LogP contribution in [0.15, 0.2) is 30.3 Å². The lowest BCUT2D eigenvalue weighted by Crippen LogP contribution is -2.57. The van der Waals surface area contributed by atoms with E-state index in [0.29, 0.717) is 5.56 Å². The van der Waals surface area contributed by atoms with Crippen molar-refractivity contribution in [1.29, 1.82) is 0 Å². The summed E-state index contributed by atoms with van der Waals surface area (Å²) in [7, 11) is 0. The van der Waals surface area contributed by atoms with E-state index in [1.165, 1.54) is 0 Å². The maximum Gasteiger partial charge on any atom is 0.326 e. The molecular weight excluding hydrogens is 486 g/mol. The van der Waals surface area contributed by atoms with Gasteiger partial charge in [-0.3, -0.25) is 24.0 Å². The predicted molar refractivity (Wildman–Crippen MR) is 132 cm³/mol. The number of benzene rings is 1. The van der Waals surface area contributed by atoms with Crippen LogP contribution in [0.25, 0.3) is 0 Å². The van der Waals surface area contributed by atoms with Crippen molar-refractivity contribution in [1.82, 2.24) is 16.0 Å². The molecule has 0 aliphatic heterocycles. The predicted octanol–water partition coefficient (Wildman–Crippen LogP) is -1.12. The summed E-state index contributed by atoms with van der Waals surface area (Å²) in [5, 5.41) is 25.8. The highest BCUT2D eigenvalue weighted by atomic mass is 16.4. The zero-order valence-corrected chi connectivity index (χ0v) is 20.8. The number of primary amides is 1. The van der Waals surface area contributed by atoms with E-state index in [9.17, 15) is 33.9 Å². The molecule has 9 N–H and O–H groups in total. The van der Waals surface area contributed by atoms with E-state index in [-0.39, 0.29) is 31.6 Å². The molecule has 204 valence electrons. The third kappa shape index (κ3) is 11.5. The molecule has 0 saturated carbocycles. The molecule has 4 atom stereocenters. The molecule has 1 aromatic carbocycles. The zero-order valence-electron chi connectivity index (χ0n) is 20.8. The van der Waals surface area contributed by atoms with Gasteiger partial charge in [0.05, 0.1) is 6.04 Å². The number of nitrogens with one attached hydrogen (secondary N) is 3. The number of nitrogens with two attached hydrogens (primary N) is 2. The highest BCUT2D eigenvalue weighted by Gasteiger charge is 2.31. The number of carbonyl (C=O) groups is 6. The first-order valence-corrected chi connectivity index (χ1v) is 11.7. The number of carboxylic acids is 2. The summed E-state index contributed by atoms with van der Waals surface area (Å²) in [5.74, 6) is -6.03. The maximum atomic E-state index is 13.0. The van der Waals surface area contributed by atoms with Crippen LogP contribution in [0.3, 0.4) is 0 Å². The second-order valence-corrected chi connectivity index (χ2v) is 8.92. The molecule has 0 saturated heterocycles. The van der Waals surface area contributed by atoms with Gasteiger partial charge in [-0.1, -0.05) is 44.2 Å². The lowest BCUT2D eigenvalue weighted by Gasteiger charge is -2.25. The molecule has 0 aromatic heterocycles. The molecule has 1 aromatic rings. The minimum absolute atomic E-state index is 0.0497. The summed E-state index contributed by atoms with van der Waals surface area (Å²) in [4.78, 5) is 72.5. The standard InChI is InChI=1S/C24H35N5O8/c1-13(2)20(26)23(35)28-15(8-10-18(25)30)21(33)27-16(9-11-19(31)32)22(34)29-17(24(36)37)12-14-6-4-3-5-7-14/h3-7,13,15-17,20H,8-12,26H2,1-2H3,(H2,25,30)(H,27,33)(H,28,35)(H,29,34)(H,31,32)(H,36,37)/t15-,16-,17-,20-/m0/s1. The summed E-state index contributed by atoms with van der Waals surface area (Å²) < 4.78 is 0. The van der Waals surface area contributed by atoms with Crippen molar-refractivity contribution in [2.24, 2.45) is 17.4 Å². The summed E-state index contributed by atoms with van der Waals surface area (Å²) >= 11 is 0. The average Bonchev–Trinajstić information content (AvgIpc) is 2.83. The van der Waals surface area contributed by atoms with Gasteiger partial charge in [0.25, 0.3) is 0 Å². The van der Waals surface area contributed by atoms with Gasteiger partial charge in [0.1, 0.15) is 18.1 Å². The molecule has 4 amide bonds. The number of amides is 4. The van der Waals surface area contributed by atoms with Gasteiger partial charge in [-0.25, -0.2) is 4.79 Å². The molecule has 0 bridgehead atoms. The van der Waals surface area contributed by atoms with E-state index in [4.69, 9.17) is 16.6 Å². The van der Waals surface area contributed by atoms with Gasteiger partial charge in [-0.05, 0) is 24.3 Å². The number of hydrogen-bond acceptors (Lipinski definition) is 7. The Labute approximate surface area is 214 Å². The largest absolute Gasteiger partial charge is 0.481 e. The van der Waals surface area contributed by atoms with Gasteiger partial charge < -0.3 is 37.6 Å². The van der Waals surface area contributed by atoms with Crippen molar-refractivity contribution in [2.45, 2.75) is 70.1 Å². The molecule has 0 aliphatic carbocycles. The lowest BCUT2D eigenvalue weighted by atomic mass is 10.0. The highest BCUT2D eigenvalue weighted by molar-refractivity contribution is 5.94. The van der Waals surface area contributed by atoms with E-state index in [0.717, 1.165) is 0 Å². The first-order chi connectivity index (χ1) is 17.3. The molecular formula is C24H35N5O8. The highest BCUT2D eigenvalue weighted by Crippen LogP contribution is 2.08. The third-order valence-electron chi connectivity index (χ3n) is 5.51. The second kappa shape index (κ2) is 15.2. The van der Waals surface area contributed by atoms with Crippen LogP contribution in [0.4, 0.5) is 0 Å². The molecule has 0 fully saturated rings. The SMILES string of the molecule is CC(C)[C@H](N)C(=O)N[C@@H](CCC(N)=O)C(=O)N[C@@H](CCC(=O)O)C(=O)N[C@@H](Cc1ccccc1)C(=O)O. The van der Waals surface area contributed by atoms with Crippen LogP contribution in [0, 0.1) is 5.92 Å². The number of hydrogen-bond donors (Lipinski definition) is 7. The number of carboxylic acid groups (broad SMARTS) is 2. The first kappa shape index (κ1) is 31.0. The van der Waals surface area contributed by atoms with Crippen LogP contribution in [0.5, 0.6) is 0 Å². The Balaban J connectivity index is 3.07. The molecule has 13 heteroatoms. The first-order valence-electron chi connectivity index (χ1n) is 11.7. The Morgan fingerprint density at radius 1 is 0.784 bits per heavy atom. The molecule has 0 spiro atoms. The van der Waals surface area contributed by atoms with Crippen LogP contribution in [-0.2, 0) is 35.2 Å². The van der Waals surface area contributed by atoms with E-state index >= 15 is 0 Å². The Bertz CT molecular complexity index is 969. The Morgan fingerprint density at radius 2 is 1.27 bits per heavy atom. The summed E-state index contributed by atoms with van der Waals surface area (Å²) in [6, 6.07) is 3.47. The van der Waals surface area contributed by atoms with Gasteiger partial charge in [0.15, 0.2) is 0 Å². The number of rotatable bonds is 16. The van der Waals surface area contributed by atoms with E-state index in [1.807, 2.05) is 0 Å². The van der Waals surface area contributed by atoms with E-state index in [1.54, 1.807) is 44.2 Å². The van der Waals surface area contributed by atoms with Gasteiger partial charge in [-0.15, -0.1) is 0 Å². The minimum Gasteiger partial charge on any atom is -0.481 e. The zero-order chi connectivity index (χ0) is 28.1. The summed E-state index contributed by atoms with van der Waals surface area (Å²) in [6.45, 7) is 3.40. The number of carbonyl (C=O) groups excluding carboxylic acids is 4. The van der Waals surface area contributed by atoms with Crippen molar-refractivity contribution in [2.75, 3.05) is 0 Å². The van der Waals surface area contributed by atoms with Crippen molar-refractivity contribution < 1.29 is 39.0 Å². The van der Waals surface area contributed by atoms with Crippen LogP contribution in [0.1, 0.15) is 45.1 Å². The van der Waals surface area contributed by atoms with E-state index < -0.39 is 66.2 Å². The molecule has 13 nitrogen and oxygen atoms in total. The van der Waals surface area contributed by atoms with Crippen molar-refractivity contribution in [3.63, 3.8) is 0 Å². The third-order valence-corrected chi connectivity index (χ3v) is 5.51. The molecule has 0 heterocycles. The summed E-state index contributed by atoms with van der Waals surface area (Å²) in [6.07, 6.45) is -1.38. The quantitative estimate of drug-likeness (QED) is 0.139. The molecule has 0 unspecified atom stereocenters. The monoisotopic (exact) mass is 521 g/mol. The Kier molecular flexibility index (Phi) is 12.7. The second-order valence-electron chi connectivity index (χ2n) is 8.92. The fraction of sp³-hybridized carbons (Fsp3) is 0.500. The minimum atomic E-state index is -1.44. The van der Waals surface area contributed by atoms with Gasteiger partial charge in [0, 0.05) is 19.3 Å². The van der Waals surface area contributed by atoms with Crippen LogP contribution >= 0.6 is 0 Å². The van der Waals surface area contributed by atoms with Gasteiger partial charge >= 0.3 is 11.9 Å². The lowest BCUT2D eigenvalue weighted by molar-refractivity contribution is -0.143. The van der Waals surface area contributed by atoms with Crippen molar-refractivity contribution in [3.8, 4) is 0 Å². The smallest absolute Gasteiger partial charge is 0.326 e. The van der Waals surface area contributed by atoms with Crippen molar-refractivity contribution >= 4 is 35.6 Å². The molecule has 0 aliphatic rings. The fourth-order valence-corrected chi connectivity index (χ4v) is 3.26. The Morgan fingerprint density at radius 3 is 1.73 bits per heavy atom. The topological polar surface area (TPSA) is 231 Å². The number of aliphatic carboxylic acids is 2. The van der Waals surface area contributed by atoms with E-state index in [2.05, 4.69) is 16.0 Å². The normalized spacial score (nSPS) is 14.1. The summed E-state index contributed by atoms with van der Waals surface area (Å²) in [5.41, 5.74) is 11.6. The van der Waals surface area contributed by atoms with Crippen LogP contribution in [-0.4, -0.2) is 69.9 Å². The maximum absolute atomic E-state index is 13.0. The molecule has 0 radical (unpaired) electrons. The van der Waals surface area contributed by atoms with Crippen molar-refractivity contribution in [3.05, 3.63) is 35.9 Å². The molecule has 1 rings (SSSR count).